The van der Waals surface area contributed by atoms with Gasteiger partial charge in [-0.3, -0.25) is 9.48 Å². The largest absolute Gasteiger partial charge is 0.356 e. The molecule has 1 aromatic rings. The van der Waals surface area contributed by atoms with Gasteiger partial charge in [0.1, 0.15) is 0 Å². The third-order valence-corrected chi connectivity index (χ3v) is 2.18. The van der Waals surface area contributed by atoms with Crippen LogP contribution in [0.25, 0.3) is 0 Å². The monoisotopic (exact) mass is 224 g/mol. The maximum absolute atomic E-state index is 11.2. The number of nitrogens with one attached hydrogen (secondary N) is 2. The van der Waals surface area contributed by atoms with E-state index in [1.807, 2.05) is 26.2 Å². The maximum atomic E-state index is 11.2. The Morgan fingerprint density at radius 1 is 1.50 bits per heavy atom. The van der Waals surface area contributed by atoms with E-state index in [-0.39, 0.29) is 5.91 Å². The molecule has 0 aliphatic carbocycles. The van der Waals surface area contributed by atoms with E-state index in [1.165, 1.54) is 0 Å². The molecule has 0 aliphatic heterocycles. The molecule has 0 bridgehead atoms. The lowest BCUT2D eigenvalue weighted by Gasteiger charge is -2.04. The highest BCUT2D eigenvalue weighted by molar-refractivity contribution is 5.75. The average Bonchev–Trinajstić information content (AvgIpc) is 2.67. The summed E-state index contributed by atoms with van der Waals surface area (Å²) in [5, 5.41) is 10.3. The van der Waals surface area contributed by atoms with Gasteiger partial charge in [0.15, 0.2) is 0 Å². The van der Waals surface area contributed by atoms with Crippen molar-refractivity contribution >= 4 is 5.91 Å². The maximum Gasteiger partial charge on any atom is 0.221 e. The molecule has 1 aromatic heterocycles. The van der Waals surface area contributed by atoms with E-state index < -0.39 is 0 Å². The Kier molecular flexibility index (Phi) is 5.56. The Hall–Kier alpha value is -1.36. The van der Waals surface area contributed by atoms with Crippen LogP contribution in [-0.2, 0) is 18.4 Å². The molecule has 0 saturated carbocycles. The zero-order valence-electron chi connectivity index (χ0n) is 9.99. The number of aromatic nitrogens is 2. The molecule has 0 saturated heterocycles. The average molecular weight is 224 g/mol. The molecule has 1 rings (SSSR count). The third-order valence-electron chi connectivity index (χ3n) is 2.18. The van der Waals surface area contributed by atoms with E-state index in [0.717, 1.165) is 18.7 Å². The number of nitrogens with zero attached hydrogens (tertiary/aromatic N) is 2. The molecule has 0 aromatic carbocycles. The SMILES string of the molecule is CCCNC(=O)CCNCc1ccn(C)n1. The molecule has 0 aliphatic rings. The highest BCUT2D eigenvalue weighted by Gasteiger charge is 2.00. The smallest absolute Gasteiger partial charge is 0.221 e. The molecule has 1 amide bonds. The summed E-state index contributed by atoms with van der Waals surface area (Å²) in [6.45, 7) is 4.20. The first-order valence-electron chi connectivity index (χ1n) is 5.68. The molecule has 5 heteroatoms. The van der Waals surface area contributed by atoms with Crippen LogP contribution < -0.4 is 10.6 Å². The molecule has 0 atom stereocenters. The molecule has 90 valence electrons. The molecule has 1 heterocycles. The summed E-state index contributed by atoms with van der Waals surface area (Å²) >= 11 is 0. The van der Waals surface area contributed by atoms with Crippen molar-refractivity contribution in [2.75, 3.05) is 13.1 Å². The van der Waals surface area contributed by atoms with Gasteiger partial charge in [-0.15, -0.1) is 0 Å². The summed E-state index contributed by atoms with van der Waals surface area (Å²) in [7, 11) is 1.89. The van der Waals surface area contributed by atoms with Crippen molar-refractivity contribution in [2.24, 2.45) is 7.05 Å². The van der Waals surface area contributed by atoms with Gasteiger partial charge in [0.25, 0.3) is 0 Å². The van der Waals surface area contributed by atoms with Gasteiger partial charge >= 0.3 is 0 Å². The van der Waals surface area contributed by atoms with Crippen LogP contribution in [0.1, 0.15) is 25.5 Å². The first-order valence-corrected chi connectivity index (χ1v) is 5.68. The van der Waals surface area contributed by atoms with Crippen LogP contribution in [0.3, 0.4) is 0 Å². The predicted molar refractivity (Wildman–Crippen MR) is 62.8 cm³/mol. The predicted octanol–water partition coefficient (Wildman–Crippen LogP) is 0.426. The highest BCUT2D eigenvalue weighted by Crippen LogP contribution is 1.92. The quantitative estimate of drug-likeness (QED) is 0.660. The molecular weight excluding hydrogens is 204 g/mol. The zero-order chi connectivity index (χ0) is 11.8. The Balaban J connectivity index is 2.05. The molecular formula is C11H20N4O. The van der Waals surface area contributed by atoms with Crippen LogP contribution in [0.5, 0.6) is 0 Å². The van der Waals surface area contributed by atoms with Crippen molar-refractivity contribution in [3.05, 3.63) is 18.0 Å². The second kappa shape index (κ2) is 7.00. The second-order valence-electron chi connectivity index (χ2n) is 3.76. The Morgan fingerprint density at radius 3 is 2.94 bits per heavy atom. The Bertz CT molecular complexity index is 322. The van der Waals surface area contributed by atoms with E-state index in [1.54, 1.807) is 4.68 Å². The van der Waals surface area contributed by atoms with E-state index in [9.17, 15) is 4.79 Å². The fourth-order valence-electron chi connectivity index (χ4n) is 1.33. The molecule has 2 N–H and O–H groups in total. The Morgan fingerprint density at radius 2 is 2.31 bits per heavy atom. The number of carbonyl (C=O) groups is 1. The van der Waals surface area contributed by atoms with Gasteiger partial charge in [-0.2, -0.15) is 5.10 Å². The summed E-state index contributed by atoms with van der Waals surface area (Å²) < 4.78 is 1.77. The van der Waals surface area contributed by atoms with Gasteiger partial charge in [0, 0.05) is 39.3 Å². The van der Waals surface area contributed by atoms with Gasteiger partial charge in [-0.05, 0) is 12.5 Å². The summed E-state index contributed by atoms with van der Waals surface area (Å²) in [5.41, 5.74) is 0.997. The van der Waals surface area contributed by atoms with Gasteiger partial charge in [0.2, 0.25) is 5.91 Å². The van der Waals surface area contributed by atoms with E-state index >= 15 is 0 Å². The molecule has 16 heavy (non-hydrogen) atoms. The fourth-order valence-corrected chi connectivity index (χ4v) is 1.33. The van der Waals surface area contributed by atoms with Gasteiger partial charge in [-0.25, -0.2) is 0 Å². The van der Waals surface area contributed by atoms with Crippen LogP contribution in [0, 0.1) is 0 Å². The fraction of sp³-hybridized carbons (Fsp3) is 0.636. The van der Waals surface area contributed by atoms with Crippen LogP contribution >= 0.6 is 0 Å². The van der Waals surface area contributed by atoms with Crippen LogP contribution in [0.2, 0.25) is 0 Å². The van der Waals surface area contributed by atoms with Crippen molar-refractivity contribution in [3.8, 4) is 0 Å². The minimum absolute atomic E-state index is 0.107. The van der Waals surface area contributed by atoms with Crippen molar-refractivity contribution < 1.29 is 4.79 Å². The molecule has 0 spiro atoms. The first-order chi connectivity index (χ1) is 7.72. The second-order valence-corrected chi connectivity index (χ2v) is 3.76. The molecule has 0 fully saturated rings. The van der Waals surface area contributed by atoms with Crippen LogP contribution in [0.15, 0.2) is 12.3 Å². The third kappa shape index (κ3) is 4.93. The number of hydrogen-bond acceptors (Lipinski definition) is 3. The number of carbonyl (C=O) groups excluding carboxylic acids is 1. The molecule has 5 nitrogen and oxygen atoms in total. The van der Waals surface area contributed by atoms with Crippen molar-refractivity contribution in [3.63, 3.8) is 0 Å². The van der Waals surface area contributed by atoms with E-state index in [2.05, 4.69) is 15.7 Å². The van der Waals surface area contributed by atoms with Crippen molar-refractivity contribution in [1.29, 1.82) is 0 Å². The Labute approximate surface area is 96.2 Å². The first kappa shape index (κ1) is 12.7. The number of aryl methyl sites for hydroxylation is 1. The lowest BCUT2D eigenvalue weighted by atomic mass is 10.3. The van der Waals surface area contributed by atoms with E-state index in [0.29, 0.717) is 19.5 Å². The van der Waals surface area contributed by atoms with Gasteiger partial charge < -0.3 is 10.6 Å². The lowest BCUT2D eigenvalue weighted by Crippen LogP contribution is -2.28. The zero-order valence-corrected chi connectivity index (χ0v) is 9.99. The minimum Gasteiger partial charge on any atom is -0.356 e. The van der Waals surface area contributed by atoms with E-state index in [4.69, 9.17) is 0 Å². The molecule has 0 radical (unpaired) electrons. The van der Waals surface area contributed by atoms with Crippen molar-refractivity contribution in [1.82, 2.24) is 20.4 Å². The van der Waals surface area contributed by atoms with Gasteiger partial charge in [-0.1, -0.05) is 6.92 Å². The number of hydrogen-bond donors (Lipinski definition) is 2. The summed E-state index contributed by atoms with van der Waals surface area (Å²) in [4.78, 5) is 11.2. The van der Waals surface area contributed by atoms with Gasteiger partial charge in [0.05, 0.1) is 5.69 Å². The highest BCUT2D eigenvalue weighted by atomic mass is 16.1. The topological polar surface area (TPSA) is 59.0 Å². The summed E-state index contributed by atoms with van der Waals surface area (Å²) in [6, 6.07) is 1.96. The van der Waals surface area contributed by atoms with Crippen LogP contribution in [-0.4, -0.2) is 28.8 Å². The minimum atomic E-state index is 0.107. The van der Waals surface area contributed by atoms with Crippen molar-refractivity contribution in [2.45, 2.75) is 26.3 Å². The summed E-state index contributed by atoms with van der Waals surface area (Å²) in [6.07, 6.45) is 3.41. The normalized spacial score (nSPS) is 10.4. The summed E-state index contributed by atoms with van der Waals surface area (Å²) in [5.74, 6) is 0.107. The number of rotatable bonds is 7. The molecule has 0 unspecified atom stereocenters. The lowest BCUT2D eigenvalue weighted by molar-refractivity contribution is -0.120. The van der Waals surface area contributed by atoms with Crippen LogP contribution in [0.4, 0.5) is 0 Å². The standard InChI is InChI=1S/C11H20N4O/c1-3-6-13-11(16)4-7-12-9-10-5-8-15(2)14-10/h5,8,12H,3-4,6-7,9H2,1-2H3,(H,13,16). The number of amides is 1.